The van der Waals surface area contributed by atoms with Gasteiger partial charge in [-0.15, -0.1) is 0 Å². The van der Waals surface area contributed by atoms with Gasteiger partial charge in [-0.3, -0.25) is 9.59 Å². The zero-order valence-electron chi connectivity index (χ0n) is 17.2. The molecule has 3 rings (SSSR count). The Hall–Kier alpha value is -3.34. The molecule has 0 bridgehead atoms. The number of amides is 2. The zero-order chi connectivity index (χ0) is 21.0. The molecule has 0 aliphatic heterocycles. The minimum absolute atomic E-state index is 0.0946. The number of rotatable bonds is 5. The zero-order valence-corrected chi connectivity index (χ0v) is 17.2. The summed E-state index contributed by atoms with van der Waals surface area (Å²) in [6, 6.07) is 18.9. The second-order valence-corrected chi connectivity index (χ2v) is 8.02. The smallest absolute Gasteiger partial charge is 0.251 e. The van der Waals surface area contributed by atoms with Crippen molar-refractivity contribution in [2.45, 2.75) is 27.3 Å². The third-order valence-electron chi connectivity index (χ3n) is 4.63. The minimum Gasteiger partial charge on any atom is -0.497 e. The van der Waals surface area contributed by atoms with Crippen LogP contribution < -0.4 is 15.4 Å². The van der Waals surface area contributed by atoms with Crippen LogP contribution in [0.25, 0.3) is 10.8 Å². The van der Waals surface area contributed by atoms with Gasteiger partial charge in [0.1, 0.15) is 5.75 Å². The first kappa shape index (κ1) is 20.4. The Balaban J connectivity index is 1.67. The standard InChI is InChI=1S/C24H26N2O3/c1-24(2,3)23(28)26-20-7-5-6-19(13-20)22(27)25-15-16-8-9-18-14-21(29-4)11-10-17(18)12-16/h5-14H,15H2,1-4H3,(H,25,27)(H,26,28). The van der Waals surface area contributed by atoms with Gasteiger partial charge in [0.15, 0.2) is 0 Å². The van der Waals surface area contributed by atoms with E-state index in [-0.39, 0.29) is 11.8 Å². The molecule has 5 nitrogen and oxygen atoms in total. The summed E-state index contributed by atoms with van der Waals surface area (Å²) in [5.74, 6) is 0.534. The Morgan fingerprint density at radius 1 is 0.931 bits per heavy atom. The van der Waals surface area contributed by atoms with E-state index in [1.54, 1.807) is 31.4 Å². The van der Waals surface area contributed by atoms with Crippen molar-refractivity contribution >= 4 is 28.3 Å². The molecular weight excluding hydrogens is 364 g/mol. The number of carbonyl (C=O) groups is 2. The number of anilines is 1. The molecule has 150 valence electrons. The van der Waals surface area contributed by atoms with E-state index in [1.165, 1.54) is 0 Å². The summed E-state index contributed by atoms with van der Waals surface area (Å²) in [5.41, 5.74) is 1.62. The molecule has 0 heterocycles. The number of benzene rings is 3. The van der Waals surface area contributed by atoms with Crippen LogP contribution in [-0.2, 0) is 11.3 Å². The van der Waals surface area contributed by atoms with Crippen molar-refractivity contribution < 1.29 is 14.3 Å². The first-order valence-corrected chi connectivity index (χ1v) is 9.53. The van der Waals surface area contributed by atoms with Crippen molar-refractivity contribution in [2.24, 2.45) is 5.41 Å². The lowest BCUT2D eigenvalue weighted by Gasteiger charge is -2.18. The molecular formula is C24H26N2O3. The number of methoxy groups -OCH3 is 1. The van der Waals surface area contributed by atoms with Crippen LogP contribution in [0.3, 0.4) is 0 Å². The number of hydrogen-bond acceptors (Lipinski definition) is 3. The van der Waals surface area contributed by atoms with E-state index < -0.39 is 5.41 Å². The number of nitrogens with one attached hydrogen (secondary N) is 2. The molecule has 2 N–H and O–H groups in total. The highest BCUT2D eigenvalue weighted by atomic mass is 16.5. The lowest BCUT2D eigenvalue weighted by Crippen LogP contribution is -2.28. The third kappa shape index (κ3) is 5.13. The molecule has 0 spiro atoms. The van der Waals surface area contributed by atoms with Gasteiger partial charge >= 0.3 is 0 Å². The quantitative estimate of drug-likeness (QED) is 0.660. The van der Waals surface area contributed by atoms with Crippen LogP contribution in [0.15, 0.2) is 60.7 Å². The van der Waals surface area contributed by atoms with Crippen LogP contribution in [0.4, 0.5) is 5.69 Å². The van der Waals surface area contributed by atoms with E-state index in [0.29, 0.717) is 17.8 Å². The van der Waals surface area contributed by atoms with Crippen molar-refractivity contribution in [3.63, 3.8) is 0 Å². The van der Waals surface area contributed by atoms with Gasteiger partial charge in [-0.25, -0.2) is 0 Å². The number of fused-ring (bicyclic) bond motifs is 1. The molecule has 0 radical (unpaired) electrons. The summed E-state index contributed by atoms with van der Waals surface area (Å²) in [7, 11) is 1.65. The van der Waals surface area contributed by atoms with E-state index in [2.05, 4.69) is 16.7 Å². The van der Waals surface area contributed by atoms with E-state index in [0.717, 1.165) is 22.1 Å². The topological polar surface area (TPSA) is 67.4 Å². The van der Waals surface area contributed by atoms with Crippen molar-refractivity contribution in [1.82, 2.24) is 5.32 Å². The number of hydrogen-bond donors (Lipinski definition) is 2. The van der Waals surface area contributed by atoms with Crippen LogP contribution in [0.1, 0.15) is 36.7 Å². The van der Waals surface area contributed by atoms with Crippen molar-refractivity contribution in [3.8, 4) is 5.75 Å². The molecule has 0 aliphatic rings. The molecule has 0 aliphatic carbocycles. The van der Waals surface area contributed by atoms with E-state index >= 15 is 0 Å². The predicted molar refractivity (Wildman–Crippen MR) is 116 cm³/mol. The monoisotopic (exact) mass is 390 g/mol. The van der Waals surface area contributed by atoms with Gasteiger partial charge in [-0.05, 0) is 52.7 Å². The summed E-state index contributed by atoms with van der Waals surface area (Å²) < 4.78 is 5.25. The fraction of sp³-hybridized carbons (Fsp3) is 0.250. The molecule has 0 saturated carbocycles. The molecule has 5 heteroatoms. The summed E-state index contributed by atoms with van der Waals surface area (Å²) in [6.45, 7) is 5.95. The van der Waals surface area contributed by atoms with Gasteiger partial charge < -0.3 is 15.4 Å². The number of carbonyl (C=O) groups excluding carboxylic acids is 2. The van der Waals surface area contributed by atoms with Crippen LogP contribution in [-0.4, -0.2) is 18.9 Å². The Morgan fingerprint density at radius 3 is 2.38 bits per heavy atom. The minimum atomic E-state index is -0.502. The molecule has 29 heavy (non-hydrogen) atoms. The lowest BCUT2D eigenvalue weighted by molar-refractivity contribution is -0.123. The Morgan fingerprint density at radius 2 is 1.66 bits per heavy atom. The second-order valence-electron chi connectivity index (χ2n) is 8.02. The molecule has 3 aromatic carbocycles. The van der Waals surface area contributed by atoms with Gasteiger partial charge in [0.05, 0.1) is 7.11 Å². The summed E-state index contributed by atoms with van der Waals surface area (Å²) in [6.07, 6.45) is 0. The second kappa shape index (κ2) is 8.35. The fourth-order valence-electron chi connectivity index (χ4n) is 2.85. The molecule has 0 saturated heterocycles. The first-order valence-electron chi connectivity index (χ1n) is 9.53. The van der Waals surface area contributed by atoms with E-state index in [9.17, 15) is 9.59 Å². The highest BCUT2D eigenvalue weighted by Gasteiger charge is 2.21. The largest absolute Gasteiger partial charge is 0.497 e. The van der Waals surface area contributed by atoms with Crippen molar-refractivity contribution in [2.75, 3.05) is 12.4 Å². The third-order valence-corrected chi connectivity index (χ3v) is 4.63. The van der Waals surface area contributed by atoms with Gasteiger partial charge in [0.25, 0.3) is 5.91 Å². The van der Waals surface area contributed by atoms with Crippen LogP contribution in [0.2, 0.25) is 0 Å². The highest BCUT2D eigenvalue weighted by Crippen LogP contribution is 2.22. The maximum absolute atomic E-state index is 12.6. The van der Waals surface area contributed by atoms with E-state index in [1.807, 2.05) is 51.1 Å². The number of ether oxygens (including phenoxy) is 1. The van der Waals surface area contributed by atoms with Gasteiger partial charge in [-0.1, -0.05) is 45.0 Å². The van der Waals surface area contributed by atoms with Crippen LogP contribution in [0.5, 0.6) is 5.75 Å². The Kier molecular flexibility index (Phi) is 5.87. The van der Waals surface area contributed by atoms with Gasteiger partial charge in [0.2, 0.25) is 5.91 Å². The molecule has 0 unspecified atom stereocenters. The molecule has 3 aromatic rings. The maximum Gasteiger partial charge on any atom is 0.251 e. The molecule has 0 atom stereocenters. The van der Waals surface area contributed by atoms with Crippen molar-refractivity contribution in [3.05, 3.63) is 71.8 Å². The molecule has 2 amide bonds. The van der Waals surface area contributed by atoms with Crippen molar-refractivity contribution in [1.29, 1.82) is 0 Å². The summed E-state index contributed by atoms with van der Waals surface area (Å²) in [5, 5.41) is 7.96. The van der Waals surface area contributed by atoms with E-state index in [4.69, 9.17) is 4.74 Å². The predicted octanol–water partition coefficient (Wildman–Crippen LogP) is 4.76. The highest BCUT2D eigenvalue weighted by molar-refractivity contribution is 5.98. The lowest BCUT2D eigenvalue weighted by atomic mass is 9.95. The normalized spacial score (nSPS) is 11.2. The Labute approximate surface area is 171 Å². The van der Waals surface area contributed by atoms with Crippen LogP contribution >= 0.6 is 0 Å². The first-order chi connectivity index (χ1) is 13.8. The molecule has 0 aromatic heterocycles. The maximum atomic E-state index is 12.6. The van der Waals surface area contributed by atoms with Gasteiger partial charge in [-0.2, -0.15) is 0 Å². The van der Waals surface area contributed by atoms with Crippen LogP contribution in [0, 0.1) is 5.41 Å². The average Bonchev–Trinajstić information content (AvgIpc) is 2.71. The summed E-state index contributed by atoms with van der Waals surface area (Å²) >= 11 is 0. The fourth-order valence-corrected chi connectivity index (χ4v) is 2.85. The van der Waals surface area contributed by atoms with Gasteiger partial charge in [0, 0.05) is 23.2 Å². The molecule has 0 fully saturated rings. The Bertz CT molecular complexity index is 1050. The summed E-state index contributed by atoms with van der Waals surface area (Å²) in [4.78, 5) is 24.7. The SMILES string of the molecule is COc1ccc2cc(CNC(=O)c3cccc(NC(=O)C(C)(C)C)c3)ccc2c1. The average molecular weight is 390 g/mol.